The number of hydrogen-bond acceptors (Lipinski definition) is 4. The van der Waals surface area contributed by atoms with Crippen LogP contribution in [0.1, 0.15) is 52.4 Å². The number of ether oxygens (including phenoxy) is 2. The molecule has 1 aliphatic rings. The van der Waals surface area contributed by atoms with Crippen molar-refractivity contribution in [1.29, 1.82) is 0 Å². The minimum atomic E-state index is 0. The van der Waals surface area contributed by atoms with Gasteiger partial charge in [0.2, 0.25) is 0 Å². The van der Waals surface area contributed by atoms with Crippen molar-refractivity contribution >= 4 is 29.9 Å². The second-order valence-corrected chi connectivity index (χ2v) is 7.07. The summed E-state index contributed by atoms with van der Waals surface area (Å²) < 4.78 is 11.0. The number of halogens is 1. The van der Waals surface area contributed by atoms with Gasteiger partial charge in [0.25, 0.3) is 0 Å². The van der Waals surface area contributed by atoms with Crippen molar-refractivity contribution in [1.82, 2.24) is 15.1 Å². The maximum atomic E-state index is 5.95. The van der Waals surface area contributed by atoms with Crippen LogP contribution in [0.2, 0.25) is 0 Å². The molecule has 0 saturated carbocycles. The lowest BCUT2D eigenvalue weighted by atomic mass is 10.1. The molecule has 1 rings (SSSR count). The fraction of sp³-hybridized carbons (Fsp3) is 0.950. The number of methoxy groups -OCH3 is 1. The smallest absolute Gasteiger partial charge is 0.193 e. The Balaban J connectivity index is 0.00000676. The van der Waals surface area contributed by atoms with Crippen LogP contribution in [0.4, 0.5) is 0 Å². The van der Waals surface area contributed by atoms with E-state index in [2.05, 4.69) is 34.0 Å². The summed E-state index contributed by atoms with van der Waals surface area (Å²) in [5.74, 6) is 1.04. The molecular weight excluding hydrogens is 455 g/mol. The molecule has 0 amide bonds. The van der Waals surface area contributed by atoms with Crippen molar-refractivity contribution in [2.24, 2.45) is 4.99 Å². The number of nitrogens with zero attached hydrogens (tertiary/aromatic N) is 3. The first-order chi connectivity index (χ1) is 12.7. The zero-order valence-corrected chi connectivity index (χ0v) is 20.4. The molecule has 1 N–H and O–H groups in total. The lowest BCUT2D eigenvalue weighted by Crippen LogP contribution is -2.47. The van der Waals surface area contributed by atoms with E-state index in [0.29, 0.717) is 6.10 Å². The Morgan fingerprint density at radius 2 is 1.74 bits per heavy atom. The van der Waals surface area contributed by atoms with E-state index in [1.165, 1.54) is 32.5 Å². The van der Waals surface area contributed by atoms with Crippen LogP contribution in [-0.2, 0) is 9.47 Å². The van der Waals surface area contributed by atoms with Crippen molar-refractivity contribution in [2.75, 3.05) is 66.6 Å². The maximum absolute atomic E-state index is 5.95. The SMILES string of the molecule is CCCN(CCC)CCCNC(=NC)N1CCC(OCCCOC)CC1.I. The van der Waals surface area contributed by atoms with Gasteiger partial charge in [-0.2, -0.15) is 0 Å². The van der Waals surface area contributed by atoms with E-state index in [9.17, 15) is 0 Å². The first-order valence-corrected chi connectivity index (χ1v) is 10.5. The first kappa shape index (κ1) is 26.9. The second kappa shape index (κ2) is 17.9. The molecule has 0 unspecified atom stereocenters. The second-order valence-electron chi connectivity index (χ2n) is 7.07. The molecule has 27 heavy (non-hydrogen) atoms. The summed E-state index contributed by atoms with van der Waals surface area (Å²) in [5, 5.41) is 3.55. The molecule has 0 aromatic carbocycles. The molecule has 0 aromatic heterocycles. The van der Waals surface area contributed by atoms with Gasteiger partial charge in [-0.25, -0.2) is 0 Å². The highest BCUT2D eigenvalue weighted by Crippen LogP contribution is 2.14. The number of likely N-dealkylation sites (tertiary alicyclic amines) is 1. The maximum Gasteiger partial charge on any atom is 0.193 e. The van der Waals surface area contributed by atoms with Gasteiger partial charge in [-0.3, -0.25) is 4.99 Å². The van der Waals surface area contributed by atoms with Gasteiger partial charge in [-0.1, -0.05) is 13.8 Å². The topological polar surface area (TPSA) is 49.3 Å². The number of piperidine rings is 1. The summed E-state index contributed by atoms with van der Waals surface area (Å²) in [6.45, 7) is 12.7. The predicted molar refractivity (Wildman–Crippen MR) is 125 cm³/mol. The minimum Gasteiger partial charge on any atom is -0.385 e. The highest BCUT2D eigenvalue weighted by Gasteiger charge is 2.21. The summed E-state index contributed by atoms with van der Waals surface area (Å²) in [4.78, 5) is 9.41. The normalized spacial score (nSPS) is 15.9. The Hall–Kier alpha value is -0.120. The number of rotatable bonds is 13. The molecule has 7 heteroatoms. The number of hydrogen-bond donors (Lipinski definition) is 1. The van der Waals surface area contributed by atoms with Crippen molar-refractivity contribution in [2.45, 2.75) is 58.5 Å². The highest BCUT2D eigenvalue weighted by atomic mass is 127. The van der Waals surface area contributed by atoms with E-state index < -0.39 is 0 Å². The van der Waals surface area contributed by atoms with Crippen LogP contribution in [0, 0.1) is 0 Å². The van der Waals surface area contributed by atoms with Crippen molar-refractivity contribution in [3.8, 4) is 0 Å². The standard InChI is InChI=1S/C20H42N4O2.HI/c1-5-12-23(13-6-2)14-7-11-22-20(21-3)24-15-9-19(10-16-24)26-18-8-17-25-4;/h19H,5-18H2,1-4H3,(H,21,22);1H. The monoisotopic (exact) mass is 498 g/mol. The van der Waals surface area contributed by atoms with Crippen LogP contribution < -0.4 is 5.32 Å². The summed E-state index contributed by atoms with van der Waals surface area (Å²) in [6, 6.07) is 0. The van der Waals surface area contributed by atoms with Crippen LogP contribution in [0.3, 0.4) is 0 Å². The van der Waals surface area contributed by atoms with E-state index in [-0.39, 0.29) is 24.0 Å². The Kier molecular flexibility index (Phi) is 17.9. The summed E-state index contributed by atoms with van der Waals surface area (Å²) in [7, 11) is 3.62. The van der Waals surface area contributed by atoms with Crippen LogP contribution in [0.15, 0.2) is 4.99 Å². The molecule has 0 radical (unpaired) electrons. The summed E-state index contributed by atoms with van der Waals surface area (Å²) in [5.41, 5.74) is 0. The Labute approximate surface area is 184 Å². The van der Waals surface area contributed by atoms with Gasteiger partial charge in [0.15, 0.2) is 5.96 Å². The molecule has 0 bridgehead atoms. The van der Waals surface area contributed by atoms with E-state index in [1.54, 1.807) is 7.11 Å². The molecule has 1 saturated heterocycles. The molecule has 0 spiro atoms. The summed E-state index contributed by atoms with van der Waals surface area (Å²) in [6.07, 6.45) is 7.15. The third-order valence-corrected chi connectivity index (χ3v) is 4.81. The van der Waals surface area contributed by atoms with Crippen LogP contribution in [-0.4, -0.2) is 88.5 Å². The number of guanidine groups is 1. The van der Waals surface area contributed by atoms with E-state index >= 15 is 0 Å². The average Bonchev–Trinajstić information content (AvgIpc) is 2.66. The van der Waals surface area contributed by atoms with Gasteiger partial charge in [-0.05, 0) is 58.2 Å². The van der Waals surface area contributed by atoms with Crippen molar-refractivity contribution in [3.05, 3.63) is 0 Å². The average molecular weight is 498 g/mol. The molecular formula is C20H43IN4O2. The molecule has 1 heterocycles. The highest BCUT2D eigenvalue weighted by molar-refractivity contribution is 14.0. The van der Waals surface area contributed by atoms with Crippen molar-refractivity contribution < 1.29 is 9.47 Å². The third-order valence-electron chi connectivity index (χ3n) is 4.81. The zero-order valence-electron chi connectivity index (χ0n) is 18.0. The van der Waals surface area contributed by atoms with E-state index in [0.717, 1.165) is 64.5 Å². The third kappa shape index (κ3) is 12.1. The lowest BCUT2D eigenvalue weighted by Gasteiger charge is -2.34. The van der Waals surface area contributed by atoms with E-state index in [4.69, 9.17) is 9.47 Å². The fourth-order valence-corrected chi connectivity index (χ4v) is 3.49. The first-order valence-electron chi connectivity index (χ1n) is 10.5. The Morgan fingerprint density at radius 1 is 1.07 bits per heavy atom. The summed E-state index contributed by atoms with van der Waals surface area (Å²) >= 11 is 0. The van der Waals surface area contributed by atoms with Crippen LogP contribution >= 0.6 is 24.0 Å². The largest absolute Gasteiger partial charge is 0.385 e. The van der Waals surface area contributed by atoms with Gasteiger partial charge in [0.1, 0.15) is 0 Å². The van der Waals surface area contributed by atoms with E-state index in [1.807, 2.05) is 7.05 Å². The zero-order chi connectivity index (χ0) is 19.0. The Bertz CT molecular complexity index is 358. The Morgan fingerprint density at radius 3 is 2.30 bits per heavy atom. The van der Waals surface area contributed by atoms with Gasteiger partial charge in [0.05, 0.1) is 6.10 Å². The van der Waals surface area contributed by atoms with Gasteiger partial charge in [-0.15, -0.1) is 24.0 Å². The molecule has 1 aliphatic heterocycles. The van der Waals surface area contributed by atoms with Crippen LogP contribution in [0.5, 0.6) is 0 Å². The number of aliphatic imine (C=N–C) groups is 1. The molecule has 1 fully saturated rings. The molecule has 162 valence electrons. The van der Waals surface area contributed by atoms with Crippen molar-refractivity contribution in [3.63, 3.8) is 0 Å². The predicted octanol–water partition coefficient (Wildman–Crippen LogP) is 3.21. The van der Waals surface area contributed by atoms with Gasteiger partial charge in [0, 0.05) is 47.0 Å². The van der Waals surface area contributed by atoms with Gasteiger partial charge >= 0.3 is 0 Å². The van der Waals surface area contributed by atoms with Gasteiger partial charge < -0.3 is 24.6 Å². The number of nitrogens with one attached hydrogen (secondary N) is 1. The molecule has 0 atom stereocenters. The molecule has 0 aliphatic carbocycles. The lowest BCUT2D eigenvalue weighted by molar-refractivity contribution is 0.00991. The minimum absolute atomic E-state index is 0. The fourth-order valence-electron chi connectivity index (χ4n) is 3.49. The molecule has 0 aromatic rings. The molecule has 6 nitrogen and oxygen atoms in total. The quantitative estimate of drug-likeness (QED) is 0.183. The van der Waals surface area contributed by atoms with Crippen LogP contribution in [0.25, 0.3) is 0 Å².